The number of nitro benzene ring substituents is 2. The lowest BCUT2D eigenvalue weighted by atomic mass is 10.1. The number of benzene rings is 2. The lowest BCUT2D eigenvalue weighted by Crippen LogP contribution is -2.27. The van der Waals surface area contributed by atoms with Crippen molar-refractivity contribution < 1.29 is 69.5 Å². The van der Waals surface area contributed by atoms with E-state index in [4.69, 9.17) is 48.4 Å². The number of esters is 1. The summed E-state index contributed by atoms with van der Waals surface area (Å²) in [5.74, 6) is -4.73. The number of hydrogen-bond donors (Lipinski definition) is 10. The van der Waals surface area contributed by atoms with Gasteiger partial charge in [-0.15, -0.1) is 0 Å². The molecule has 0 aromatic heterocycles. The largest absolute Gasteiger partial charge is 0.504 e. The maximum absolute atomic E-state index is 11.5. The fourth-order valence-corrected chi connectivity index (χ4v) is 2.86. The quantitative estimate of drug-likeness (QED) is 0.0175. The zero-order valence-corrected chi connectivity index (χ0v) is 28.9. The number of phenols is 4. The summed E-state index contributed by atoms with van der Waals surface area (Å²) < 4.78 is 4.43. The third-order valence-electron chi connectivity index (χ3n) is 5.10. The molecule has 0 aliphatic carbocycles. The van der Waals surface area contributed by atoms with Gasteiger partial charge in [0.25, 0.3) is 5.91 Å². The first kappa shape index (κ1) is 51.9. The predicted molar refractivity (Wildman–Crippen MR) is 186 cm³/mol. The number of rotatable bonds is 13. The number of hydrogen-bond acceptors (Lipinski definition) is 19. The molecule has 2 amide bonds. The molecule has 2 aromatic rings. The van der Waals surface area contributed by atoms with E-state index in [-0.39, 0.29) is 68.5 Å². The topological polar surface area (TPSA) is 407 Å². The smallest absolute Gasteiger partial charge is 0.387 e. The molecule has 0 saturated heterocycles. The van der Waals surface area contributed by atoms with Crippen LogP contribution in [0.1, 0.15) is 29.3 Å². The number of ether oxygens (including phenoxy) is 1. The Kier molecular flexibility index (Phi) is 29.6. The van der Waals surface area contributed by atoms with Crippen LogP contribution in [0.25, 0.3) is 10.9 Å². The Morgan fingerprint density at radius 2 is 1.38 bits per heavy atom. The molecule has 11 N–H and O–H groups in total. The fourth-order valence-electron chi connectivity index (χ4n) is 2.86. The van der Waals surface area contributed by atoms with Crippen LogP contribution in [0.5, 0.6) is 23.0 Å². The van der Waals surface area contributed by atoms with E-state index in [9.17, 15) is 49.6 Å². The van der Waals surface area contributed by atoms with Crippen LogP contribution < -0.4 is 16.4 Å². The molecule has 0 heterocycles. The van der Waals surface area contributed by atoms with E-state index in [0.29, 0.717) is 19.4 Å². The minimum atomic E-state index is -0.912. The molecule has 0 aliphatic rings. The van der Waals surface area contributed by atoms with Crippen LogP contribution in [0.15, 0.2) is 29.8 Å². The number of nitro groups is 2. The molecule has 0 spiro atoms. The monoisotopic (exact) mass is 778 g/mol. The van der Waals surface area contributed by atoms with Crippen LogP contribution in [0, 0.1) is 49.5 Å². The fraction of sp³-hybridized carbons (Fsp3) is 0.323. The molecule has 298 valence electrons. The molecule has 0 radical (unpaired) electrons. The van der Waals surface area contributed by atoms with Crippen molar-refractivity contribution in [3.8, 4) is 35.1 Å². The van der Waals surface area contributed by atoms with Gasteiger partial charge >= 0.3 is 23.9 Å². The first-order valence-electron chi connectivity index (χ1n) is 14.9. The summed E-state index contributed by atoms with van der Waals surface area (Å²) in [5.41, 5.74) is 2.88. The summed E-state index contributed by atoms with van der Waals surface area (Å²) in [4.78, 5) is 64.3. The van der Waals surface area contributed by atoms with Crippen molar-refractivity contribution in [2.24, 2.45) is 5.73 Å². The van der Waals surface area contributed by atoms with Gasteiger partial charge in [0.1, 0.15) is 24.3 Å². The Labute approximate surface area is 311 Å². The molecule has 2 aromatic carbocycles. The van der Waals surface area contributed by atoms with E-state index in [1.165, 1.54) is 0 Å². The lowest BCUT2D eigenvalue weighted by Gasteiger charge is -2.03. The molecule has 0 fully saturated rings. The third kappa shape index (κ3) is 23.6. The summed E-state index contributed by atoms with van der Waals surface area (Å²) >= 11 is 0. The highest BCUT2D eigenvalue weighted by atomic mass is 16.6. The molecule has 24 heteroatoms. The number of nitrogens with zero attached hydrogens (tertiary/aromatic N) is 5. The van der Waals surface area contributed by atoms with Crippen LogP contribution in [0.2, 0.25) is 0 Å². The lowest BCUT2D eigenvalue weighted by molar-refractivity contribution is -0.386. The van der Waals surface area contributed by atoms with Crippen LogP contribution in [0.4, 0.5) is 11.4 Å². The number of aldehydes is 1. The number of nitrogens with two attached hydrogens (primary N) is 1. The second kappa shape index (κ2) is 31.3. The average molecular weight is 779 g/mol. The van der Waals surface area contributed by atoms with Gasteiger partial charge in [0, 0.05) is 37.3 Å². The van der Waals surface area contributed by atoms with Crippen molar-refractivity contribution in [1.29, 1.82) is 10.5 Å². The van der Waals surface area contributed by atoms with Gasteiger partial charge in [0.15, 0.2) is 11.5 Å². The number of carbonyl (C=O) groups is 4. The number of aliphatic hydroxyl groups excluding tert-OH is 3. The van der Waals surface area contributed by atoms with Gasteiger partial charge in [-0.3, -0.25) is 34.6 Å². The Morgan fingerprint density at radius 1 is 0.909 bits per heavy atom. The van der Waals surface area contributed by atoms with Crippen molar-refractivity contribution in [2.45, 2.75) is 13.3 Å². The summed E-state index contributed by atoms with van der Waals surface area (Å²) in [6, 6.07) is 6.97. The molecule has 2 rings (SSSR count). The van der Waals surface area contributed by atoms with Gasteiger partial charge in [-0.25, -0.2) is 11.4 Å². The van der Waals surface area contributed by atoms with Gasteiger partial charge in [0.2, 0.25) is 17.4 Å². The number of phenolic OH excluding ortho intramolecular Hbond substituents is 4. The maximum atomic E-state index is 11.5. The van der Waals surface area contributed by atoms with Gasteiger partial charge < -0.3 is 61.7 Å². The Bertz CT molecular complexity index is 1750. The zero-order valence-electron chi connectivity index (χ0n) is 28.9. The van der Waals surface area contributed by atoms with Gasteiger partial charge in [-0.2, -0.15) is 10.5 Å². The van der Waals surface area contributed by atoms with E-state index in [2.05, 4.69) is 20.2 Å². The first-order chi connectivity index (χ1) is 26.0. The molecule has 0 aliphatic heterocycles. The van der Waals surface area contributed by atoms with E-state index >= 15 is 0 Å². The number of carbonyl (C=O) groups excluding carboxylic acids is 4. The molecule has 24 nitrogen and oxygen atoms in total. The van der Waals surface area contributed by atoms with Crippen LogP contribution in [-0.2, 0) is 19.1 Å². The molecule has 55 heavy (non-hydrogen) atoms. The second-order valence-electron chi connectivity index (χ2n) is 9.14. The average Bonchev–Trinajstić information content (AvgIpc) is 3.15. The highest BCUT2D eigenvalue weighted by Crippen LogP contribution is 2.37. The Hall–Kier alpha value is -7.43. The zero-order chi connectivity index (χ0) is 42.9. The SMILES string of the molecule is N#C/C(=C\c1cc(O)c(O)c([N+](=O)[O-])c1)C(=O)NCCO.N#CCC(=O)NCCO.NCCO.O=Cc1cc(O)c(O)c([N+](=O)[O-])c1.[C-]#[N+]CC(=O)OCC. The van der Waals surface area contributed by atoms with Crippen molar-refractivity contribution in [1.82, 2.24) is 10.6 Å². The second-order valence-corrected chi connectivity index (χ2v) is 9.14. The number of nitriles is 2. The van der Waals surface area contributed by atoms with Crippen molar-refractivity contribution in [3.05, 3.63) is 72.6 Å². The predicted octanol–water partition coefficient (Wildman–Crippen LogP) is -0.745. The van der Waals surface area contributed by atoms with Crippen LogP contribution >= 0.6 is 0 Å². The minimum Gasteiger partial charge on any atom is -0.504 e. The van der Waals surface area contributed by atoms with Crippen molar-refractivity contribution in [3.63, 3.8) is 0 Å². The first-order valence-corrected chi connectivity index (χ1v) is 14.9. The molecule has 0 atom stereocenters. The van der Waals surface area contributed by atoms with E-state index < -0.39 is 56.1 Å². The highest BCUT2D eigenvalue weighted by molar-refractivity contribution is 6.01. The summed E-state index contributed by atoms with van der Waals surface area (Å²) in [6.07, 6.45) is 1.21. The number of amides is 2. The molecule has 0 unspecified atom stereocenters. The normalized spacial score (nSPS) is 9.31. The summed E-state index contributed by atoms with van der Waals surface area (Å²) in [5, 5.41) is 104. The van der Waals surface area contributed by atoms with Crippen LogP contribution in [0.3, 0.4) is 0 Å². The maximum Gasteiger partial charge on any atom is 0.387 e. The molecule has 0 bridgehead atoms. The minimum absolute atomic E-state index is 0.00676. The van der Waals surface area contributed by atoms with E-state index in [0.717, 1.165) is 30.3 Å². The molecular formula is C31H38N8O16. The third-order valence-corrected chi connectivity index (χ3v) is 5.10. The van der Waals surface area contributed by atoms with E-state index in [1.54, 1.807) is 19.1 Å². The Balaban J connectivity index is -0.000000681. The van der Waals surface area contributed by atoms with Crippen LogP contribution in [-0.4, -0.2) is 122 Å². The molecular weight excluding hydrogens is 740 g/mol. The number of aromatic hydroxyl groups is 4. The standard InChI is InChI=1S/C12H11N3O6.C7H5NO5.C5H8N2O2.C5H7NO2.C2H7NO/c13-6-8(12(19)14-1-2-16)3-7-4-9(15(20)21)11(18)10(17)5-7;9-3-4-1-5(8(12)13)7(11)6(10)2-4;6-2-1-5(9)7-3-4-8;1-3-8-5(7)4-6-2;3-1-2-4/h3-5,16-18H,1-2H2,(H,14,19);1-3,10-11H;8H,1,3-4H2,(H,7,9);3-4H2,1H3;4H,1-3H2/b8-3+;;;;. The highest BCUT2D eigenvalue weighted by Gasteiger charge is 2.20. The Morgan fingerprint density at radius 3 is 1.76 bits per heavy atom. The number of aliphatic hydroxyl groups is 3. The van der Waals surface area contributed by atoms with Gasteiger partial charge in [0.05, 0.1) is 42.3 Å². The van der Waals surface area contributed by atoms with E-state index in [1.807, 2.05) is 0 Å². The van der Waals surface area contributed by atoms with Crippen molar-refractivity contribution in [2.75, 3.05) is 52.6 Å². The summed E-state index contributed by atoms with van der Waals surface area (Å²) in [6.45, 7) is 8.38. The van der Waals surface area contributed by atoms with Gasteiger partial charge in [-0.1, -0.05) is 0 Å². The molecule has 0 saturated carbocycles. The van der Waals surface area contributed by atoms with Crippen molar-refractivity contribution >= 4 is 41.5 Å². The number of nitrogens with one attached hydrogen (secondary N) is 2. The van der Waals surface area contributed by atoms with Gasteiger partial charge in [-0.05, 0) is 30.7 Å². The summed E-state index contributed by atoms with van der Waals surface area (Å²) in [7, 11) is 0.